The third-order valence-corrected chi connectivity index (χ3v) is 7.52. The van der Waals surface area contributed by atoms with Crippen LogP contribution in [0.5, 0.6) is 0 Å². The van der Waals surface area contributed by atoms with Crippen molar-refractivity contribution in [2.45, 2.75) is 64.1 Å². The van der Waals surface area contributed by atoms with Crippen molar-refractivity contribution in [1.29, 1.82) is 0 Å². The molecule has 0 aromatic heterocycles. The van der Waals surface area contributed by atoms with Crippen LogP contribution in [0.2, 0.25) is 10.0 Å². The third kappa shape index (κ3) is 6.89. The molecule has 1 saturated carbocycles. The van der Waals surface area contributed by atoms with Crippen LogP contribution in [0.15, 0.2) is 72.8 Å². The molecule has 36 heavy (non-hydrogen) atoms. The molecule has 4 rings (SSSR count). The van der Waals surface area contributed by atoms with E-state index in [1.807, 2.05) is 61.5 Å². The molecular weight excluding hydrogens is 491 g/mol. The summed E-state index contributed by atoms with van der Waals surface area (Å²) in [7, 11) is 0. The average molecular weight is 524 g/mol. The molecule has 3 aromatic carbocycles. The van der Waals surface area contributed by atoms with Crippen LogP contribution in [0.4, 0.5) is 0 Å². The first-order chi connectivity index (χ1) is 17.4. The molecule has 2 amide bonds. The first-order valence-electron chi connectivity index (χ1n) is 12.5. The summed E-state index contributed by atoms with van der Waals surface area (Å²) >= 11 is 12.5. The number of hydrogen-bond donors (Lipinski definition) is 1. The number of nitrogens with one attached hydrogen (secondary N) is 1. The highest BCUT2D eigenvalue weighted by atomic mass is 35.5. The molecule has 1 fully saturated rings. The SMILES string of the molecule is Cc1ccccc1CN(C(=O)Cc1ccc(Cl)cc1Cl)C(Cc1ccccc1)C(=O)NC1CCCC1. The second-order valence-corrected chi connectivity index (χ2v) is 10.4. The molecule has 3 aromatic rings. The fourth-order valence-corrected chi connectivity index (χ4v) is 5.30. The zero-order valence-corrected chi connectivity index (χ0v) is 22.1. The lowest BCUT2D eigenvalue weighted by molar-refractivity contribution is -0.141. The van der Waals surface area contributed by atoms with Crippen molar-refractivity contribution in [2.24, 2.45) is 0 Å². The van der Waals surface area contributed by atoms with Gasteiger partial charge < -0.3 is 10.2 Å². The maximum atomic E-state index is 13.9. The molecule has 0 heterocycles. The number of halogens is 2. The Morgan fingerprint density at radius 3 is 2.33 bits per heavy atom. The Bertz CT molecular complexity index is 1190. The van der Waals surface area contributed by atoms with E-state index in [4.69, 9.17) is 23.2 Å². The van der Waals surface area contributed by atoms with E-state index in [2.05, 4.69) is 5.32 Å². The predicted molar refractivity (Wildman–Crippen MR) is 146 cm³/mol. The van der Waals surface area contributed by atoms with Crippen LogP contribution in [0.25, 0.3) is 0 Å². The van der Waals surface area contributed by atoms with Gasteiger partial charge in [-0.3, -0.25) is 9.59 Å². The van der Waals surface area contributed by atoms with Crippen LogP contribution in [0.1, 0.15) is 47.9 Å². The van der Waals surface area contributed by atoms with Crippen molar-refractivity contribution in [2.75, 3.05) is 0 Å². The fraction of sp³-hybridized carbons (Fsp3) is 0.333. The Hall–Kier alpha value is -2.82. The largest absolute Gasteiger partial charge is 0.352 e. The molecule has 0 bridgehead atoms. The van der Waals surface area contributed by atoms with Gasteiger partial charge in [0, 0.05) is 29.1 Å². The normalized spacial score (nSPS) is 14.4. The number of carbonyl (C=O) groups is 2. The minimum absolute atomic E-state index is 0.0872. The van der Waals surface area contributed by atoms with Gasteiger partial charge in [-0.2, -0.15) is 0 Å². The van der Waals surface area contributed by atoms with Crippen LogP contribution >= 0.6 is 23.2 Å². The first-order valence-corrected chi connectivity index (χ1v) is 13.3. The van der Waals surface area contributed by atoms with Crippen molar-refractivity contribution < 1.29 is 9.59 Å². The highest BCUT2D eigenvalue weighted by molar-refractivity contribution is 6.35. The van der Waals surface area contributed by atoms with E-state index < -0.39 is 6.04 Å². The van der Waals surface area contributed by atoms with Crippen LogP contribution in [0, 0.1) is 6.92 Å². The Kier molecular flexibility index (Phi) is 9.06. The zero-order chi connectivity index (χ0) is 25.5. The highest BCUT2D eigenvalue weighted by Gasteiger charge is 2.32. The maximum Gasteiger partial charge on any atom is 0.243 e. The molecule has 0 saturated heterocycles. The van der Waals surface area contributed by atoms with E-state index in [1.165, 1.54) is 0 Å². The lowest BCUT2D eigenvalue weighted by Crippen LogP contribution is -2.52. The van der Waals surface area contributed by atoms with E-state index in [9.17, 15) is 9.59 Å². The van der Waals surface area contributed by atoms with Gasteiger partial charge >= 0.3 is 0 Å². The smallest absolute Gasteiger partial charge is 0.243 e. The predicted octanol–water partition coefficient (Wildman–Crippen LogP) is 6.54. The van der Waals surface area contributed by atoms with Gasteiger partial charge in [-0.05, 0) is 54.2 Å². The average Bonchev–Trinajstić information content (AvgIpc) is 3.37. The van der Waals surface area contributed by atoms with Gasteiger partial charge in [0.1, 0.15) is 6.04 Å². The van der Waals surface area contributed by atoms with Gasteiger partial charge in [0.25, 0.3) is 0 Å². The summed E-state index contributed by atoms with van der Waals surface area (Å²) in [6, 6.07) is 22.5. The van der Waals surface area contributed by atoms with Crippen LogP contribution < -0.4 is 5.32 Å². The number of carbonyl (C=O) groups excluding carboxylic acids is 2. The summed E-state index contributed by atoms with van der Waals surface area (Å²) in [5.41, 5.74) is 3.79. The molecule has 188 valence electrons. The molecule has 0 radical (unpaired) electrons. The lowest BCUT2D eigenvalue weighted by Gasteiger charge is -2.33. The second-order valence-electron chi connectivity index (χ2n) is 9.56. The fourth-order valence-electron chi connectivity index (χ4n) is 4.82. The molecule has 1 aliphatic rings. The van der Waals surface area contributed by atoms with Gasteiger partial charge in [0.15, 0.2) is 0 Å². The summed E-state index contributed by atoms with van der Waals surface area (Å²) in [5, 5.41) is 4.21. The summed E-state index contributed by atoms with van der Waals surface area (Å²) in [4.78, 5) is 29.4. The number of aryl methyl sites for hydroxylation is 1. The van der Waals surface area contributed by atoms with E-state index in [0.29, 0.717) is 28.6 Å². The minimum atomic E-state index is -0.647. The summed E-state index contributed by atoms with van der Waals surface area (Å²) < 4.78 is 0. The van der Waals surface area contributed by atoms with E-state index in [-0.39, 0.29) is 24.3 Å². The number of amides is 2. The van der Waals surface area contributed by atoms with Crippen LogP contribution in [-0.2, 0) is 29.0 Å². The Morgan fingerprint density at radius 1 is 0.944 bits per heavy atom. The summed E-state index contributed by atoms with van der Waals surface area (Å²) in [6.07, 6.45) is 4.73. The molecule has 1 atom stereocenters. The Labute approximate surface area is 223 Å². The van der Waals surface area contributed by atoms with Crippen molar-refractivity contribution in [3.63, 3.8) is 0 Å². The molecule has 0 aliphatic heterocycles. The molecule has 6 heteroatoms. The van der Waals surface area contributed by atoms with E-state index in [0.717, 1.165) is 42.4 Å². The number of rotatable bonds is 9. The highest BCUT2D eigenvalue weighted by Crippen LogP contribution is 2.24. The second kappa shape index (κ2) is 12.4. The maximum absolute atomic E-state index is 13.9. The topological polar surface area (TPSA) is 49.4 Å². The van der Waals surface area contributed by atoms with Gasteiger partial charge in [-0.1, -0.05) is 96.7 Å². The minimum Gasteiger partial charge on any atom is -0.352 e. The summed E-state index contributed by atoms with van der Waals surface area (Å²) in [6.45, 7) is 2.37. The van der Waals surface area contributed by atoms with Crippen molar-refractivity contribution >= 4 is 35.0 Å². The standard InChI is InChI=1S/C30H32Cl2N2O2/c1-21-9-5-6-12-24(21)20-34(29(35)18-23-15-16-25(31)19-27(23)32)28(17-22-10-3-2-4-11-22)30(36)33-26-13-7-8-14-26/h2-6,9-12,15-16,19,26,28H,7-8,13-14,17-18,20H2,1H3,(H,33,36). The first kappa shape index (κ1) is 26.2. The van der Waals surface area contributed by atoms with Crippen LogP contribution in [0.3, 0.4) is 0 Å². The molecule has 1 unspecified atom stereocenters. The number of hydrogen-bond acceptors (Lipinski definition) is 2. The Morgan fingerprint density at radius 2 is 1.64 bits per heavy atom. The van der Waals surface area contributed by atoms with E-state index >= 15 is 0 Å². The Balaban J connectivity index is 1.68. The molecular formula is C30H32Cl2N2O2. The van der Waals surface area contributed by atoms with Gasteiger partial charge in [0.2, 0.25) is 11.8 Å². The monoisotopic (exact) mass is 522 g/mol. The quantitative estimate of drug-likeness (QED) is 0.346. The van der Waals surface area contributed by atoms with Crippen molar-refractivity contribution in [1.82, 2.24) is 10.2 Å². The van der Waals surface area contributed by atoms with Gasteiger partial charge in [-0.25, -0.2) is 0 Å². The summed E-state index contributed by atoms with van der Waals surface area (Å²) in [5.74, 6) is -0.250. The van der Waals surface area contributed by atoms with E-state index in [1.54, 1.807) is 23.1 Å². The lowest BCUT2D eigenvalue weighted by atomic mass is 10.00. The number of nitrogens with zero attached hydrogens (tertiary/aromatic N) is 1. The molecule has 4 nitrogen and oxygen atoms in total. The van der Waals surface area contributed by atoms with Crippen LogP contribution in [-0.4, -0.2) is 28.8 Å². The van der Waals surface area contributed by atoms with Gasteiger partial charge in [0.05, 0.1) is 6.42 Å². The van der Waals surface area contributed by atoms with Crippen molar-refractivity contribution in [3.05, 3.63) is 105 Å². The van der Waals surface area contributed by atoms with Crippen molar-refractivity contribution in [3.8, 4) is 0 Å². The number of benzene rings is 3. The zero-order valence-electron chi connectivity index (χ0n) is 20.6. The third-order valence-electron chi connectivity index (χ3n) is 6.93. The van der Waals surface area contributed by atoms with Gasteiger partial charge in [-0.15, -0.1) is 0 Å². The molecule has 0 spiro atoms. The molecule has 1 aliphatic carbocycles. The molecule has 1 N–H and O–H groups in total.